The quantitative estimate of drug-likeness (QED) is 0.799. The van der Waals surface area contributed by atoms with Crippen molar-refractivity contribution < 1.29 is 14.7 Å². The predicted molar refractivity (Wildman–Crippen MR) is 75.1 cm³/mol. The third-order valence-electron chi connectivity index (χ3n) is 3.88. The largest absolute Gasteiger partial charge is 0.395 e. The van der Waals surface area contributed by atoms with E-state index >= 15 is 0 Å². The molecule has 5 heteroatoms. The lowest BCUT2D eigenvalue weighted by Gasteiger charge is -2.26. The highest BCUT2D eigenvalue weighted by Gasteiger charge is 2.50. The Balaban J connectivity index is 2.38. The molecule has 1 aromatic carbocycles. The summed E-state index contributed by atoms with van der Waals surface area (Å²) in [4.78, 5) is 25.6. The number of amides is 3. The van der Waals surface area contributed by atoms with E-state index in [0.29, 0.717) is 6.42 Å². The fraction of sp³-hybridized carbons (Fsp3) is 0.467. The number of hydrogen-bond acceptors (Lipinski definition) is 3. The Kier molecular flexibility index (Phi) is 4.09. The maximum absolute atomic E-state index is 12.5. The van der Waals surface area contributed by atoms with Crippen molar-refractivity contribution in [3.8, 4) is 0 Å². The summed E-state index contributed by atoms with van der Waals surface area (Å²) >= 11 is 0. The van der Waals surface area contributed by atoms with E-state index in [4.69, 9.17) is 5.11 Å². The van der Waals surface area contributed by atoms with Gasteiger partial charge in [-0.1, -0.05) is 38.1 Å². The first-order chi connectivity index (χ1) is 9.58. The van der Waals surface area contributed by atoms with E-state index in [1.54, 1.807) is 0 Å². The Morgan fingerprint density at radius 3 is 2.35 bits per heavy atom. The normalized spacial score (nSPS) is 22.2. The van der Waals surface area contributed by atoms with Crippen LogP contribution in [0.2, 0.25) is 0 Å². The SMILES string of the molecule is CCc1ccc(C2(CC)NC(=O)N(CCO)C2=O)cc1. The number of aliphatic hydroxyl groups is 1. The summed E-state index contributed by atoms with van der Waals surface area (Å²) in [6.45, 7) is 3.73. The van der Waals surface area contributed by atoms with E-state index in [1.165, 1.54) is 5.56 Å². The van der Waals surface area contributed by atoms with Gasteiger partial charge in [-0.25, -0.2) is 4.79 Å². The van der Waals surface area contributed by atoms with Crippen LogP contribution in [0.25, 0.3) is 0 Å². The van der Waals surface area contributed by atoms with Crippen LogP contribution < -0.4 is 5.32 Å². The number of rotatable bonds is 5. The zero-order valence-electron chi connectivity index (χ0n) is 11.8. The molecule has 0 spiro atoms. The number of nitrogens with zero attached hydrogens (tertiary/aromatic N) is 1. The minimum absolute atomic E-state index is 0.0272. The Morgan fingerprint density at radius 1 is 1.20 bits per heavy atom. The molecule has 0 bridgehead atoms. The lowest BCUT2D eigenvalue weighted by atomic mass is 9.86. The van der Waals surface area contributed by atoms with Crippen LogP contribution in [-0.2, 0) is 16.8 Å². The summed E-state index contributed by atoms with van der Waals surface area (Å²) in [5, 5.41) is 11.8. The van der Waals surface area contributed by atoms with Crippen LogP contribution in [0, 0.1) is 0 Å². The first-order valence-electron chi connectivity index (χ1n) is 6.93. The molecule has 3 amide bonds. The molecule has 1 saturated heterocycles. The number of nitrogens with one attached hydrogen (secondary N) is 1. The highest BCUT2D eigenvalue weighted by molar-refractivity contribution is 6.07. The van der Waals surface area contributed by atoms with Crippen molar-refractivity contribution >= 4 is 11.9 Å². The van der Waals surface area contributed by atoms with Crippen LogP contribution in [0.5, 0.6) is 0 Å². The van der Waals surface area contributed by atoms with Gasteiger partial charge in [-0.2, -0.15) is 0 Å². The minimum Gasteiger partial charge on any atom is -0.395 e. The molecule has 2 N–H and O–H groups in total. The van der Waals surface area contributed by atoms with Gasteiger partial charge in [-0.05, 0) is 24.0 Å². The Morgan fingerprint density at radius 2 is 1.85 bits per heavy atom. The van der Waals surface area contributed by atoms with Crippen molar-refractivity contribution in [2.24, 2.45) is 0 Å². The summed E-state index contributed by atoms with van der Waals surface area (Å²) in [6.07, 6.45) is 1.40. The Bertz CT molecular complexity index is 512. The van der Waals surface area contributed by atoms with Gasteiger partial charge in [0, 0.05) is 0 Å². The lowest BCUT2D eigenvalue weighted by molar-refractivity contribution is -0.132. The number of aryl methyl sites for hydroxylation is 1. The van der Waals surface area contributed by atoms with Crippen LogP contribution in [0.4, 0.5) is 4.79 Å². The Hall–Kier alpha value is -1.88. The van der Waals surface area contributed by atoms with E-state index in [2.05, 4.69) is 12.2 Å². The molecular weight excluding hydrogens is 256 g/mol. The molecule has 20 heavy (non-hydrogen) atoms. The number of imide groups is 1. The fourth-order valence-corrected chi connectivity index (χ4v) is 2.59. The molecule has 1 aliphatic heterocycles. The van der Waals surface area contributed by atoms with E-state index in [0.717, 1.165) is 16.9 Å². The number of carbonyl (C=O) groups excluding carboxylic acids is 2. The van der Waals surface area contributed by atoms with Gasteiger partial charge < -0.3 is 10.4 Å². The highest BCUT2D eigenvalue weighted by atomic mass is 16.3. The second kappa shape index (κ2) is 5.63. The molecule has 1 aliphatic rings. The lowest BCUT2D eigenvalue weighted by Crippen LogP contribution is -2.43. The second-order valence-electron chi connectivity index (χ2n) is 4.92. The molecule has 0 saturated carbocycles. The first kappa shape index (κ1) is 14.5. The summed E-state index contributed by atoms with van der Waals surface area (Å²) in [5.74, 6) is -0.289. The van der Waals surface area contributed by atoms with E-state index in [-0.39, 0.29) is 19.1 Å². The summed E-state index contributed by atoms with van der Waals surface area (Å²) < 4.78 is 0. The maximum atomic E-state index is 12.5. The molecule has 0 radical (unpaired) electrons. The maximum Gasteiger partial charge on any atom is 0.325 e. The number of β-amino-alcohol motifs (C(OH)–C–C–N with tert-alkyl or cyclic N) is 1. The van der Waals surface area contributed by atoms with E-state index in [9.17, 15) is 9.59 Å². The van der Waals surface area contributed by atoms with Crippen molar-refractivity contribution in [3.63, 3.8) is 0 Å². The van der Waals surface area contributed by atoms with Gasteiger partial charge in [0.1, 0.15) is 5.54 Å². The molecule has 1 atom stereocenters. The number of aliphatic hydroxyl groups excluding tert-OH is 1. The molecule has 1 fully saturated rings. The molecule has 5 nitrogen and oxygen atoms in total. The zero-order valence-corrected chi connectivity index (χ0v) is 11.8. The van der Waals surface area contributed by atoms with Gasteiger partial charge in [0.15, 0.2) is 0 Å². The summed E-state index contributed by atoms with van der Waals surface area (Å²) in [7, 11) is 0. The summed E-state index contributed by atoms with van der Waals surface area (Å²) in [5.41, 5.74) is 0.971. The molecule has 2 rings (SSSR count). The smallest absolute Gasteiger partial charge is 0.325 e. The first-order valence-corrected chi connectivity index (χ1v) is 6.93. The molecule has 1 heterocycles. The van der Waals surface area contributed by atoms with Gasteiger partial charge in [-0.15, -0.1) is 0 Å². The number of urea groups is 1. The third-order valence-corrected chi connectivity index (χ3v) is 3.88. The van der Waals surface area contributed by atoms with Crippen molar-refractivity contribution in [2.45, 2.75) is 32.2 Å². The molecule has 1 aromatic rings. The average molecular weight is 276 g/mol. The van der Waals surface area contributed by atoms with Crippen molar-refractivity contribution in [1.82, 2.24) is 10.2 Å². The molecule has 0 aromatic heterocycles. The molecular formula is C15H20N2O3. The van der Waals surface area contributed by atoms with Crippen LogP contribution >= 0.6 is 0 Å². The van der Waals surface area contributed by atoms with Gasteiger partial charge in [0.25, 0.3) is 5.91 Å². The molecule has 108 valence electrons. The summed E-state index contributed by atoms with van der Waals surface area (Å²) in [6, 6.07) is 7.29. The Labute approximate surface area is 118 Å². The monoisotopic (exact) mass is 276 g/mol. The average Bonchev–Trinajstić information content (AvgIpc) is 2.73. The number of benzene rings is 1. The van der Waals surface area contributed by atoms with Crippen LogP contribution in [-0.4, -0.2) is 35.1 Å². The van der Waals surface area contributed by atoms with Crippen molar-refractivity contribution in [1.29, 1.82) is 0 Å². The van der Waals surface area contributed by atoms with Gasteiger partial charge in [-0.3, -0.25) is 9.69 Å². The topological polar surface area (TPSA) is 69.6 Å². The molecule has 0 aliphatic carbocycles. The van der Waals surface area contributed by atoms with Crippen LogP contribution in [0.15, 0.2) is 24.3 Å². The van der Waals surface area contributed by atoms with Crippen molar-refractivity contribution in [2.75, 3.05) is 13.2 Å². The molecule has 1 unspecified atom stereocenters. The number of carbonyl (C=O) groups is 2. The number of hydrogen-bond donors (Lipinski definition) is 2. The van der Waals surface area contributed by atoms with Gasteiger partial charge >= 0.3 is 6.03 Å². The highest BCUT2D eigenvalue weighted by Crippen LogP contribution is 2.32. The van der Waals surface area contributed by atoms with E-state index < -0.39 is 11.6 Å². The van der Waals surface area contributed by atoms with E-state index in [1.807, 2.05) is 31.2 Å². The van der Waals surface area contributed by atoms with Gasteiger partial charge in [0.05, 0.1) is 13.2 Å². The predicted octanol–water partition coefficient (Wildman–Crippen LogP) is 1.40. The fourth-order valence-electron chi connectivity index (χ4n) is 2.59. The standard InChI is InChI=1S/C15H20N2O3/c1-3-11-5-7-12(8-6-11)15(4-2)13(19)17(9-10-18)14(20)16-15/h5-8,18H,3-4,9-10H2,1-2H3,(H,16,20). The third kappa shape index (κ3) is 2.18. The van der Waals surface area contributed by atoms with Crippen LogP contribution in [0.1, 0.15) is 31.4 Å². The van der Waals surface area contributed by atoms with Crippen LogP contribution in [0.3, 0.4) is 0 Å². The second-order valence-corrected chi connectivity index (χ2v) is 4.92. The minimum atomic E-state index is -1.00. The van der Waals surface area contributed by atoms with Gasteiger partial charge in [0.2, 0.25) is 0 Å². The van der Waals surface area contributed by atoms with Crippen molar-refractivity contribution in [3.05, 3.63) is 35.4 Å². The zero-order chi connectivity index (χ0) is 14.8.